The Morgan fingerprint density at radius 1 is 1.16 bits per heavy atom. The van der Waals surface area contributed by atoms with E-state index >= 15 is 0 Å². The number of ether oxygens (including phenoxy) is 2. The van der Waals surface area contributed by atoms with E-state index in [-0.39, 0.29) is 5.91 Å². The Morgan fingerprint density at radius 2 is 2.00 bits per heavy atom. The van der Waals surface area contributed by atoms with Crippen molar-refractivity contribution in [1.29, 1.82) is 0 Å². The predicted octanol–water partition coefficient (Wildman–Crippen LogP) is 4.42. The molecule has 1 aliphatic rings. The van der Waals surface area contributed by atoms with Crippen LogP contribution in [0, 0.1) is 20.8 Å². The van der Waals surface area contributed by atoms with Gasteiger partial charge in [0.25, 0.3) is 5.89 Å². The van der Waals surface area contributed by atoms with Gasteiger partial charge >= 0.3 is 0 Å². The third-order valence-corrected chi connectivity index (χ3v) is 5.65. The van der Waals surface area contributed by atoms with E-state index in [9.17, 15) is 4.79 Å². The molecule has 7 nitrogen and oxygen atoms in total. The number of carbonyl (C=O) groups is 1. The van der Waals surface area contributed by atoms with Crippen molar-refractivity contribution in [2.24, 2.45) is 0 Å². The molecule has 0 unspecified atom stereocenters. The van der Waals surface area contributed by atoms with Crippen LogP contribution in [-0.2, 0) is 9.53 Å². The third-order valence-electron chi connectivity index (χ3n) is 5.65. The number of hydrogen-bond donors (Lipinski definition) is 0. The molecule has 1 amide bonds. The first-order valence-electron chi connectivity index (χ1n) is 11.0. The summed E-state index contributed by atoms with van der Waals surface area (Å²) in [6.45, 7) is 8.02. The lowest BCUT2D eigenvalue weighted by atomic mass is 10.1. The van der Waals surface area contributed by atoms with Gasteiger partial charge in [0.15, 0.2) is 6.10 Å². The van der Waals surface area contributed by atoms with Gasteiger partial charge in [-0.25, -0.2) is 0 Å². The summed E-state index contributed by atoms with van der Waals surface area (Å²) in [5, 5.41) is 4.11. The number of amides is 1. The van der Waals surface area contributed by atoms with Crippen molar-refractivity contribution in [1.82, 2.24) is 15.0 Å². The van der Waals surface area contributed by atoms with Crippen molar-refractivity contribution < 1.29 is 18.8 Å². The zero-order chi connectivity index (χ0) is 22.5. The summed E-state index contributed by atoms with van der Waals surface area (Å²) < 4.78 is 17.1. The normalized spacial score (nSPS) is 16.2. The van der Waals surface area contributed by atoms with Gasteiger partial charge in [-0.1, -0.05) is 47.1 Å². The van der Waals surface area contributed by atoms with Crippen LogP contribution < -0.4 is 4.74 Å². The molecule has 1 aromatic heterocycles. The number of carbonyl (C=O) groups excluding carboxylic acids is 1. The van der Waals surface area contributed by atoms with Crippen molar-refractivity contribution in [2.45, 2.75) is 39.7 Å². The Morgan fingerprint density at radius 3 is 2.81 bits per heavy atom. The first kappa shape index (κ1) is 22.0. The van der Waals surface area contributed by atoms with Crippen molar-refractivity contribution in [3.05, 3.63) is 65.0 Å². The SMILES string of the molecule is Cc1ccc(OCCCC(=O)N2CCO[C@@H](c3nc(-c4ccccc4C)no3)C2)c(C)c1. The van der Waals surface area contributed by atoms with Crippen molar-refractivity contribution >= 4 is 5.91 Å². The van der Waals surface area contributed by atoms with E-state index in [4.69, 9.17) is 14.0 Å². The topological polar surface area (TPSA) is 77.7 Å². The molecular weight excluding hydrogens is 406 g/mol. The highest BCUT2D eigenvalue weighted by Crippen LogP contribution is 2.26. The van der Waals surface area contributed by atoms with Crippen molar-refractivity contribution in [3.63, 3.8) is 0 Å². The number of aryl methyl sites for hydroxylation is 3. The van der Waals surface area contributed by atoms with Gasteiger partial charge in [-0.05, 0) is 44.4 Å². The lowest BCUT2D eigenvalue weighted by molar-refractivity contribution is -0.140. The molecule has 0 N–H and O–H groups in total. The van der Waals surface area contributed by atoms with E-state index in [0.29, 0.717) is 50.9 Å². The second-order valence-electron chi connectivity index (χ2n) is 8.19. The van der Waals surface area contributed by atoms with Gasteiger partial charge in [-0.3, -0.25) is 4.79 Å². The molecule has 1 aliphatic heterocycles. The summed E-state index contributed by atoms with van der Waals surface area (Å²) in [6, 6.07) is 14.0. The van der Waals surface area contributed by atoms with Crippen LogP contribution in [0.1, 0.15) is 41.5 Å². The van der Waals surface area contributed by atoms with Crippen LogP contribution in [0.3, 0.4) is 0 Å². The van der Waals surface area contributed by atoms with Crippen molar-refractivity contribution in [2.75, 3.05) is 26.3 Å². The van der Waals surface area contributed by atoms with Crippen LogP contribution in [-0.4, -0.2) is 47.3 Å². The first-order valence-corrected chi connectivity index (χ1v) is 11.0. The minimum Gasteiger partial charge on any atom is -0.493 e. The fraction of sp³-hybridized carbons (Fsp3) is 0.400. The summed E-state index contributed by atoms with van der Waals surface area (Å²) in [5.41, 5.74) is 4.32. The van der Waals surface area contributed by atoms with Crippen molar-refractivity contribution in [3.8, 4) is 17.1 Å². The largest absolute Gasteiger partial charge is 0.493 e. The molecule has 0 radical (unpaired) electrons. The molecule has 1 fully saturated rings. The van der Waals surface area contributed by atoms with Gasteiger partial charge in [0, 0.05) is 18.5 Å². The molecule has 0 saturated carbocycles. The highest BCUT2D eigenvalue weighted by Gasteiger charge is 2.29. The highest BCUT2D eigenvalue weighted by atomic mass is 16.5. The predicted molar refractivity (Wildman–Crippen MR) is 120 cm³/mol. The number of rotatable bonds is 7. The van der Waals surface area contributed by atoms with E-state index in [1.165, 1.54) is 5.56 Å². The average molecular weight is 436 g/mol. The first-order chi connectivity index (χ1) is 15.5. The zero-order valence-electron chi connectivity index (χ0n) is 18.8. The van der Waals surface area contributed by atoms with Gasteiger partial charge in [0.2, 0.25) is 11.7 Å². The number of benzene rings is 2. The maximum atomic E-state index is 12.7. The van der Waals surface area contributed by atoms with Gasteiger partial charge in [0.1, 0.15) is 5.75 Å². The quantitative estimate of drug-likeness (QED) is 0.511. The number of aromatic nitrogens is 2. The van der Waals surface area contributed by atoms with E-state index in [1.54, 1.807) is 0 Å². The maximum Gasteiger partial charge on any atom is 0.257 e. The second-order valence-corrected chi connectivity index (χ2v) is 8.19. The van der Waals surface area contributed by atoms with Crippen LogP contribution in [0.15, 0.2) is 47.0 Å². The van der Waals surface area contributed by atoms with E-state index in [2.05, 4.69) is 23.1 Å². The molecule has 1 atom stereocenters. The minimum absolute atomic E-state index is 0.0844. The Balaban J connectivity index is 1.29. The minimum atomic E-state index is -0.413. The molecule has 0 bridgehead atoms. The third kappa shape index (κ3) is 5.16. The fourth-order valence-corrected chi connectivity index (χ4v) is 3.85. The molecule has 2 aromatic carbocycles. The van der Waals surface area contributed by atoms with Crippen LogP contribution in [0.2, 0.25) is 0 Å². The molecule has 168 valence electrons. The van der Waals surface area contributed by atoms with E-state index in [0.717, 1.165) is 22.4 Å². The summed E-state index contributed by atoms with van der Waals surface area (Å²) in [4.78, 5) is 19.0. The smallest absolute Gasteiger partial charge is 0.257 e. The van der Waals surface area contributed by atoms with Crippen LogP contribution in [0.5, 0.6) is 5.75 Å². The van der Waals surface area contributed by atoms with Gasteiger partial charge in [0.05, 0.1) is 19.8 Å². The molecule has 0 spiro atoms. The number of morpholine rings is 1. The molecule has 0 aliphatic carbocycles. The monoisotopic (exact) mass is 435 g/mol. The lowest BCUT2D eigenvalue weighted by Gasteiger charge is -2.31. The molecule has 3 aromatic rings. The molecule has 1 saturated heterocycles. The zero-order valence-corrected chi connectivity index (χ0v) is 18.8. The van der Waals surface area contributed by atoms with Crippen LogP contribution >= 0.6 is 0 Å². The summed E-state index contributed by atoms with van der Waals surface area (Å²) in [7, 11) is 0. The summed E-state index contributed by atoms with van der Waals surface area (Å²) in [6.07, 6.45) is 0.673. The fourth-order valence-electron chi connectivity index (χ4n) is 3.85. The number of nitrogens with zero attached hydrogens (tertiary/aromatic N) is 3. The highest BCUT2D eigenvalue weighted by molar-refractivity contribution is 5.76. The molecule has 32 heavy (non-hydrogen) atoms. The van der Waals surface area contributed by atoms with Crippen LogP contribution in [0.4, 0.5) is 0 Å². The second kappa shape index (κ2) is 9.96. The standard InChI is InChI=1S/C25H29N3O4/c1-17-10-11-21(19(3)15-17)30-13-6-9-23(29)28-12-14-31-22(16-28)25-26-24(27-32-25)20-8-5-4-7-18(20)2/h4-5,7-8,10-11,15,22H,6,9,12-14,16H2,1-3H3/t22-/m1/s1. The number of hydrogen-bond acceptors (Lipinski definition) is 6. The average Bonchev–Trinajstić information content (AvgIpc) is 3.28. The van der Waals surface area contributed by atoms with Crippen LogP contribution in [0.25, 0.3) is 11.4 Å². The lowest BCUT2D eigenvalue weighted by Crippen LogP contribution is -2.42. The molecular formula is C25H29N3O4. The Labute approximate surface area is 188 Å². The maximum absolute atomic E-state index is 12.7. The molecule has 7 heteroatoms. The summed E-state index contributed by atoms with van der Waals surface area (Å²) in [5.74, 6) is 1.89. The Kier molecular flexibility index (Phi) is 6.85. The van der Waals surface area contributed by atoms with Gasteiger partial charge in [-0.2, -0.15) is 4.98 Å². The van der Waals surface area contributed by atoms with Gasteiger partial charge < -0.3 is 18.9 Å². The van der Waals surface area contributed by atoms with Gasteiger partial charge in [-0.15, -0.1) is 0 Å². The Bertz CT molecular complexity index is 1080. The Hall–Kier alpha value is -3.19. The van der Waals surface area contributed by atoms with E-state index in [1.807, 2.05) is 55.1 Å². The molecule has 2 heterocycles. The summed E-state index contributed by atoms with van der Waals surface area (Å²) >= 11 is 0. The van der Waals surface area contributed by atoms with E-state index < -0.39 is 6.10 Å². The molecule has 4 rings (SSSR count).